The van der Waals surface area contributed by atoms with Gasteiger partial charge in [-0.3, -0.25) is 10.1 Å². The molecule has 0 atom stereocenters. The Morgan fingerprint density at radius 1 is 1.33 bits per heavy atom. The number of anilines is 1. The zero-order chi connectivity index (χ0) is 13.1. The molecule has 1 aromatic heterocycles. The normalized spacial score (nSPS) is 10.1. The average Bonchev–Trinajstić information content (AvgIpc) is 2.27. The van der Waals surface area contributed by atoms with E-state index in [4.69, 9.17) is 11.6 Å². The first-order valence-electron chi connectivity index (χ1n) is 5.16. The first-order chi connectivity index (χ1) is 8.54. The number of benzene rings is 1. The molecular formula is C12H10ClN3O2. The molecule has 0 fully saturated rings. The lowest BCUT2D eigenvalue weighted by atomic mass is 10.2. The van der Waals surface area contributed by atoms with Crippen LogP contribution in [0.15, 0.2) is 30.3 Å². The Bertz CT molecular complexity index is 581. The molecule has 1 heterocycles. The van der Waals surface area contributed by atoms with Crippen molar-refractivity contribution in [2.24, 2.45) is 0 Å². The number of aromatic hydroxyl groups is 1. The van der Waals surface area contributed by atoms with Gasteiger partial charge in [-0.1, -0.05) is 17.7 Å². The van der Waals surface area contributed by atoms with Crippen molar-refractivity contribution in [3.05, 3.63) is 46.7 Å². The predicted molar refractivity (Wildman–Crippen MR) is 67.8 cm³/mol. The second-order valence-electron chi connectivity index (χ2n) is 3.66. The van der Waals surface area contributed by atoms with Crippen LogP contribution in [0.1, 0.15) is 16.1 Å². The molecule has 0 aliphatic heterocycles. The molecule has 6 heteroatoms. The second kappa shape index (κ2) is 5.01. The van der Waals surface area contributed by atoms with Gasteiger partial charge < -0.3 is 5.11 Å². The number of phenols is 1. The highest BCUT2D eigenvalue weighted by Gasteiger charge is 2.09. The van der Waals surface area contributed by atoms with Gasteiger partial charge in [-0.2, -0.15) is 0 Å². The molecule has 0 aliphatic rings. The quantitative estimate of drug-likeness (QED) is 0.816. The molecule has 5 nitrogen and oxygen atoms in total. The first-order valence-corrected chi connectivity index (χ1v) is 5.54. The third kappa shape index (κ3) is 2.95. The van der Waals surface area contributed by atoms with E-state index in [9.17, 15) is 9.90 Å². The molecule has 1 aromatic carbocycles. The molecule has 0 saturated heterocycles. The number of nitrogens with one attached hydrogen (secondary N) is 1. The van der Waals surface area contributed by atoms with E-state index in [1.165, 1.54) is 12.1 Å². The Hall–Kier alpha value is -2.14. The van der Waals surface area contributed by atoms with E-state index in [0.29, 0.717) is 11.3 Å². The smallest absolute Gasteiger partial charge is 0.258 e. The van der Waals surface area contributed by atoms with Gasteiger partial charge in [0.15, 0.2) is 0 Å². The average molecular weight is 264 g/mol. The Balaban J connectivity index is 2.21. The second-order valence-corrected chi connectivity index (χ2v) is 4.05. The van der Waals surface area contributed by atoms with E-state index in [0.717, 1.165) is 0 Å². The molecule has 1 amide bonds. The lowest BCUT2D eigenvalue weighted by molar-refractivity contribution is 0.102. The molecule has 0 saturated carbocycles. The summed E-state index contributed by atoms with van der Waals surface area (Å²) in [6.07, 6.45) is 0. The van der Waals surface area contributed by atoms with Crippen molar-refractivity contribution < 1.29 is 9.90 Å². The molecule has 0 bridgehead atoms. The molecule has 2 N–H and O–H groups in total. The summed E-state index contributed by atoms with van der Waals surface area (Å²) < 4.78 is 0. The summed E-state index contributed by atoms with van der Waals surface area (Å²) in [5.74, 6) is -0.258. The van der Waals surface area contributed by atoms with Gasteiger partial charge in [0, 0.05) is 11.3 Å². The van der Waals surface area contributed by atoms with Gasteiger partial charge >= 0.3 is 0 Å². The summed E-state index contributed by atoms with van der Waals surface area (Å²) >= 11 is 5.76. The van der Waals surface area contributed by atoms with Crippen LogP contribution < -0.4 is 5.32 Å². The van der Waals surface area contributed by atoms with Gasteiger partial charge in [0.1, 0.15) is 10.9 Å². The van der Waals surface area contributed by atoms with Crippen molar-refractivity contribution in [2.45, 2.75) is 6.92 Å². The molecule has 0 unspecified atom stereocenters. The number of hydrogen-bond acceptors (Lipinski definition) is 4. The summed E-state index contributed by atoms with van der Waals surface area (Å²) in [7, 11) is 0. The van der Waals surface area contributed by atoms with Crippen LogP contribution in [0.3, 0.4) is 0 Å². The largest absolute Gasteiger partial charge is 0.508 e. The molecule has 18 heavy (non-hydrogen) atoms. The molecule has 2 rings (SSSR count). The van der Waals surface area contributed by atoms with Gasteiger partial charge in [0.2, 0.25) is 5.95 Å². The Morgan fingerprint density at radius 3 is 2.78 bits per heavy atom. The highest BCUT2D eigenvalue weighted by atomic mass is 35.5. The number of aryl methyl sites for hydroxylation is 1. The number of amides is 1. The van der Waals surface area contributed by atoms with Gasteiger partial charge in [0.05, 0.1) is 0 Å². The minimum Gasteiger partial charge on any atom is -0.508 e. The van der Waals surface area contributed by atoms with Crippen LogP contribution in [0.25, 0.3) is 0 Å². The zero-order valence-electron chi connectivity index (χ0n) is 9.51. The minimum absolute atomic E-state index is 0.0193. The van der Waals surface area contributed by atoms with E-state index in [2.05, 4.69) is 15.3 Å². The van der Waals surface area contributed by atoms with Crippen molar-refractivity contribution in [1.82, 2.24) is 9.97 Å². The number of phenolic OH excluding ortho intramolecular Hbond substituents is 1. The molecular weight excluding hydrogens is 254 g/mol. The Morgan fingerprint density at radius 2 is 2.11 bits per heavy atom. The standard InChI is InChI=1S/C12H10ClN3O2/c1-7-5-10(13)15-12(14-7)16-11(18)8-3-2-4-9(17)6-8/h2-6,17H,1H3,(H,14,15,16,18). The third-order valence-corrected chi connectivity index (χ3v) is 2.35. The van der Waals surface area contributed by atoms with Gasteiger partial charge in [-0.25, -0.2) is 9.97 Å². The summed E-state index contributed by atoms with van der Waals surface area (Å²) in [5.41, 5.74) is 0.970. The van der Waals surface area contributed by atoms with Crippen LogP contribution in [0, 0.1) is 6.92 Å². The van der Waals surface area contributed by atoms with E-state index < -0.39 is 5.91 Å². The summed E-state index contributed by atoms with van der Waals surface area (Å²) in [6, 6.07) is 7.58. The van der Waals surface area contributed by atoms with Crippen molar-refractivity contribution in [1.29, 1.82) is 0 Å². The maximum Gasteiger partial charge on any atom is 0.258 e. The number of rotatable bonds is 2. The SMILES string of the molecule is Cc1cc(Cl)nc(NC(=O)c2cccc(O)c2)n1. The molecule has 0 aliphatic carbocycles. The van der Waals surface area contributed by atoms with Crippen LogP contribution in [-0.4, -0.2) is 21.0 Å². The van der Waals surface area contributed by atoms with Gasteiger partial charge in [0.25, 0.3) is 5.91 Å². The fourth-order valence-electron chi connectivity index (χ4n) is 1.41. The fourth-order valence-corrected chi connectivity index (χ4v) is 1.64. The Kier molecular flexibility index (Phi) is 3.43. The van der Waals surface area contributed by atoms with Gasteiger partial charge in [-0.05, 0) is 31.2 Å². The molecule has 92 valence electrons. The van der Waals surface area contributed by atoms with Crippen molar-refractivity contribution in [3.63, 3.8) is 0 Å². The van der Waals surface area contributed by atoms with E-state index in [-0.39, 0.29) is 16.9 Å². The number of carbonyl (C=O) groups excluding carboxylic acids is 1. The first kappa shape index (κ1) is 12.3. The highest BCUT2D eigenvalue weighted by Crippen LogP contribution is 2.13. The number of hydrogen-bond donors (Lipinski definition) is 2. The van der Waals surface area contributed by atoms with Crippen molar-refractivity contribution in [3.8, 4) is 5.75 Å². The maximum atomic E-state index is 11.8. The summed E-state index contributed by atoms with van der Waals surface area (Å²) in [6.45, 7) is 1.75. The van der Waals surface area contributed by atoms with Crippen LogP contribution >= 0.6 is 11.6 Å². The van der Waals surface area contributed by atoms with Crippen LogP contribution in [0.2, 0.25) is 5.15 Å². The monoisotopic (exact) mass is 263 g/mol. The molecule has 0 spiro atoms. The number of carbonyl (C=O) groups is 1. The maximum absolute atomic E-state index is 11.8. The third-order valence-electron chi connectivity index (χ3n) is 2.16. The topological polar surface area (TPSA) is 75.1 Å². The number of halogens is 1. The van der Waals surface area contributed by atoms with Gasteiger partial charge in [-0.15, -0.1) is 0 Å². The molecule has 0 radical (unpaired) electrons. The zero-order valence-corrected chi connectivity index (χ0v) is 10.3. The number of aromatic nitrogens is 2. The fraction of sp³-hybridized carbons (Fsp3) is 0.0833. The van der Waals surface area contributed by atoms with E-state index >= 15 is 0 Å². The number of nitrogens with zero attached hydrogens (tertiary/aromatic N) is 2. The summed E-state index contributed by atoms with van der Waals surface area (Å²) in [4.78, 5) is 19.8. The van der Waals surface area contributed by atoms with Crippen LogP contribution in [0.4, 0.5) is 5.95 Å². The van der Waals surface area contributed by atoms with E-state index in [1.807, 2.05) is 0 Å². The summed E-state index contributed by atoms with van der Waals surface area (Å²) in [5, 5.41) is 12.1. The van der Waals surface area contributed by atoms with Crippen molar-refractivity contribution >= 4 is 23.5 Å². The lowest BCUT2D eigenvalue weighted by Crippen LogP contribution is -2.14. The predicted octanol–water partition coefficient (Wildman–Crippen LogP) is 2.40. The Labute approximate surface area is 108 Å². The minimum atomic E-state index is -0.410. The van der Waals surface area contributed by atoms with Crippen LogP contribution in [0.5, 0.6) is 5.75 Å². The highest BCUT2D eigenvalue weighted by molar-refractivity contribution is 6.29. The lowest BCUT2D eigenvalue weighted by Gasteiger charge is -2.05. The van der Waals surface area contributed by atoms with Crippen molar-refractivity contribution in [2.75, 3.05) is 5.32 Å². The van der Waals surface area contributed by atoms with E-state index in [1.54, 1.807) is 25.1 Å². The molecule has 2 aromatic rings. The van der Waals surface area contributed by atoms with Crippen LogP contribution in [-0.2, 0) is 0 Å².